The van der Waals surface area contributed by atoms with Gasteiger partial charge >= 0.3 is 0 Å². The van der Waals surface area contributed by atoms with Crippen molar-refractivity contribution in [3.63, 3.8) is 0 Å². The first-order chi connectivity index (χ1) is 7.84. The van der Waals surface area contributed by atoms with Crippen molar-refractivity contribution in [2.75, 3.05) is 26.2 Å². The van der Waals surface area contributed by atoms with Crippen molar-refractivity contribution in [1.82, 2.24) is 10.2 Å². The van der Waals surface area contributed by atoms with Crippen LogP contribution in [-0.2, 0) is 6.54 Å². The third-order valence-corrected chi connectivity index (χ3v) is 3.90. The van der Waals surface area contributed by atoms with E-state index in [1.54, 1.807) is 11.3 Å². The van der Waals surface area contributed by atoms with Gasteiger partial charge in [-0.15, -0.1) is 0 Å². The van der Waals surface area contributed by atoms with Crippen molar-refractivity contribution < 1.29 is 0 Å². The first-order valence-electron chi connectivity index (χ1n) is 6.29. The molecule has 1 saturated heterocycles. The minimum absolute atomic E-state index is 0.761. The lowest BCUT2D eigenvalue weighted by molar-refractivity contribution is 0.282. The van der Waals surface area contributed by atoms with Crippen LogP contribution in [0, 0.1) is 5.92 Å². The topological polar surface area (TPSA) is 15.3 Å². The van der Waals surface area contributed by atoms with E-state index in [9.17, 15) is 0 Å². The standard InChI is InChI=1S/C13H22N2S/c1-12(10-15-5-2-3-6-15)8-14-9-13-4-7-16-11-13/h4,7,11-12,14H,2-3,5-6,8-10H2,1H3. The van der Waals surface area contributed by atoms with E-state index in [2.05, 4.69) is 34.0 Å². The zero-order chi connectivity index (χ0) is 11.2. The SMILES string of the molecule is CC(CNCc1ccsc1)CN1CCCC1. The van der Waals surface area contributed by atoms with E-state index >= 15 is 0 Å². The third-order valence-electron chi connectivity index (χ3n) is 3.17. The molecule has 1 unspecified atom stereocenters. The van der Waals surface area contributed by atoms with Gasteiger partial charge in [-0.1, -0.05) is 6.92 Å². The van der Waals surface area contributed by atoms with Crippen molar-refractivity contribution in [3.05, 3.63) is 22.4 Å². The average Bonchev–Trinajstić information content (AvgIpc) is 2.90. The second-order valence-corrected chi connectivity index (χ2v) is 5.66. The molecule has 3 heteroatoms. The Labute approximate surface area is 103 Å². The van der Waals surface area contributed by atoms with Gasteiger partial charge in [-0.2, -0.15) is 11.3 Å². The molecule has 16 heavy (non-hydrogen) atoms. The van der Waals surface area contributed by atoms with Crippen LogP contribution >= 0.6 is 11.3 Å². The second kappa shape index (κ2) is 6.38. The molecule has 0 amide bonds. The van der Waals surface area contributed by atoms with E-state index in [-0.39, 0.29) is 0 Å². The summed E-state index contributed by atoms with van der Waals surface area (Å²) >= 11 is 1.78. The highest BCUT2D eigenvalue weighted by Gasteiger charge is 2.14. The van der Waals surface area contributed by atoms with E-state index in [1.807, 2.05) is 0 Å². The molecule has 0 aliphatic carbocycles. The Morgan fingerprint density at radius 3 is 2.94 bits per heavy atom. The molecule has 90 valence electrons. The van der Waals surface area contributed by atoms with Gasteiger partial charge in [-0.3, -0.25) is 0 Å². The molecular weight excluding hydrogens is 216 g/mol. The summed E-state index contributed by atoms with van der Waals surface area (Å²) < 4.78 is 0. The predicted octanol–water partition coefficient (Wildman–Crippen LogP) is 2.57. The maximum Gasteiger partial charge on any atom is 0.0213 e. The summed E-state index contributed by atoms with van der Waals surface area (Å²) in [5, 5.41) is 7.91. The zero-order valence-corrected chi connectivity index (χ0v) is 10.9. The van der Waals surface area contributed by atoms with Gasteiger partial charge in [0.25, 0.3) is 0 Å². The van der Waals surface area contributed by atoms with Crippen molar-refractivity contribution in [1.29, 1.82) is 0 Å². The fourth-order valence-electron chi connectivity index (χ4n) is 2.33. The van der Waals surface area contributed by atoms with E-state index in [1.165, 1.54) is 38.0 Å². The molecule has 2 rings (SSSR count). The van der Waals surface area contributed by atoms with Crippen LogP contribution < -0.4 is 5.32 Å². The summed E-state index contributed by atoms with van der Waals surface area (Å²) in [5.41, 5.74) is 1.42. The number of hydrogen-bond acceptors (Lipinski definition) is 3. The van der Waals surface area contributed by atoms with Gasteiger partial charge in [0.2, 0.25) is 0 Å². The van der Waals surface area contributed by atoms with Crippen LogP contribution in [0.15, 0.2) is 16.8 Å². The average molecular weight is 238 g/mol. The Morgan fingerprint density at radius 2 is 2.25 bits per heavy atom. The fraction of sp³-hybridized carbons (Fsp3) is 0.692. The molecular formula is C13H22N2S. The maximum absolute atomic E-state index is 3.54. The molecule has 2 heterocycles. The van der Waals surface area contributed by atoms with E-state index < -0.39 is 0 Å². The van der Waals surface area contributed by atoms with Crippen molar-refractivity contribution in [2.45, 2.75) is 26.3 Å². The number of nitrogens with zero attached hydrogens (tertiary/aromatic N) is 1. The minimum Gasteiger partial charge on any atom is -0.312 e. The van der Waals surface area contributed by atoms with Crippen molar-refractivity contribution >= 4 is 11.3 Å². The first-order valence-corrected chi connectivity index (χ1v) is 7.23. The quantitative estimate of drug-likeness (QED) is 0.819. The van der Waals surface area contributed by atoms with Crippen LogP contribution in [0.25, 0.3) is 0 Å². The van der Waals surface area contributed by atoms with Gasteiger partial charge < -0.3 is 10.2 Å². The summed E-state index contributed by atoms with van der Waals surface area (Å²) in [6.45, 7) is 8.39. The Morgan fingerprint density at radius 1 is 1.44 bits per heavy atom. The summed E-state index contributed by atoms with van der Waals surface area (Å²) in [6, 6.07) is 2.20. The molecule has 1 fully saturated rings. The van der Waals surface area contributed by atoms with Crippen molar-refractivity contribution in [2.24, 2.45) is 5.92 Å². The van der Waals surface area contributed by atoms with Gasteiger partial charge in [-0.05, 0) is 60.8 Å². The second-order valence-electron chi connectivity index (χ2n) is 4.88. The molecule has 0 spiro atoms. The molecule has 1 atom stereocenters. The van der Waals surface area contributed by atoms with Gasteiger partial charge in [0.05, 0.1) is 0 Å². The van der Waals surface area contributed by atoms with E-state index in [0.29, 0.717) is 0 Å². The fourth-order valence-corrected chi connectivity index (χ4v) is 3.00. The van der Waals surface area contributed by atoms with E-state index in [4.69, 9.17) is 0 Å². The molecule has 2 nitrogen and oxygen atoms in total. The third kappa shape index (κ3) is 3.89. The molecule has 1 aromatic rings. The van der Waals surface area contributed by atoms with Crippen LogP contribution in [0.1, 0.15) is 25.3 Å². The number of nitrogens with one attached hydrogen (secondary N) is 1. The molecule has 1 aliphatic heterocycles. The number of rotatable bonds is 6. The van der Waals surface area contributed by atoms with Gasteiger partial charge in [0, 0.05) is 13.1 Å². The summed E-state index contributed by atoms with van der Waals surface area (Å²) in [5.74, 6) is 0.761. The summed E-state index contributed by atoms with van der Waals surface area (Å²) in [4.78, 5) is 2.59. The van der Waals surface area contributed by atoms with Gasteiger partial charge in [0.1, 0.15) is 0 Å². The highest BCUT2D eigenvalue weighted by Crippen LogP contribution is 2.10. The summed E-state index contributed by atoms with van der Waals surface area (Å²) in [7, 11) is 0. The molecule has 1 aromatic heterocycles. The largest absolute Gasteiger partial charge is 0.312 e. The molecule has 1 aliphatic rings. The van der Waals surface area contributed by atoms with Crippen LogP contribution in [0.3, 0.4) is 0 Å². The van der Waals surface area contributed by atoms with Crippen LogP contribution in [0.4, 0.5) is 0 Å². The predicted molar refractivity (Wildman–Crippen MR) is 70.9 cm³/mol. The first kappa shape index (κ1) is 12.1. The number of hydrogen-bond donors (Lipinski definition) is 1. The minimum atomic E-state index is 0.761. The number of likely N-dealkylation sites (tertiary alicyclic amines) is 1. The summed E-state index contributed by atoms with van der Waals surface area (Å²) in [6.07, 6.45) is 2.80. The monoisotopic (exact) mass is 238 g/mol. The lowest BCUT2D eigenvalue weighted by Crippen LogP contribution is -2.31. The number of thiophene rings is 1. The van der Waals surface area contributed by atoms with Crippen LogP contribution in [0.2, 0.25) is 0 Å². The molecule has 0 radical (unpaired) electrons. The Hall–Kier alpha value is -0.380. The lowest BCUT2D eigenvalue weighted by atomic mass is 10.1. The zero-order valence-electron chi connectivity index (χ0n) is 10.1. The highest BCUT2D eigenvalue weighted by atomic mass is 32.1. The maximum atomic E-state index is 3.54. The van der Waals surface area contributed by atoms with Crippen LogP contribution in [-0.4, -0.2) is 31.1 Å². The molecule has 0 bridgehead atoms. The smallest absolute Gasteiger partial charge is 0.0213 e. The van der Waals surface area contributed by atoms with E-state index in [0.717, 1.165) is 19.0 Å². The van der Waals surface area contributed by atoms with Crippen molar-refractivity contribution in [3.8, 4) is 0 Å². The molecule has 0 aromatic carbocycles. The Balaban J connectivity index is 1.58. The highest BCUT2D eigenvalue weighted by molar-refractivity contribution is 7.07. The Kier molecular flexibility index (Phi) is 4.82. The van der Waals surface area contributed by atoms with Gasteiger partial charge in [0.15, 0.2) is 0 Å². The van der Waals surface area contributed by atoms with Crippen LogP contribution in [0.5, 0.6) is 0 Å². The van der Waals surface area contributed by atoms with Gasteiger partial charge in [-0.25, -0.2) is 0 Å². The Bertz CT molecular complexity index is 278. The molecule has 0 saturated carbocycles. The molecule has 1 N–H and O–H groups in total. The lowest BCUT2D eigenvalue weighted by Gasteiger charge is -2.20. The normalized spacial score (nSPS) is 19.1.